The predicted octanol–water partition coefficient (Wildman–Crippen LogP) is 0.367. The Morgan fingerprint density at radius 2 is 1.80 bits per heavy atom. The molecular weight excluding hydrogens is 514 g/mol. The van der Waals surface area contributed by atoms with Crippen molar-refractivity contribution < 1.29 is 47.5 Å². The zero-order valence-electron chi connectivity index (χ0n) is 13.3. The van der Waals surface area contributed by atoms with Crippen LogP contribution in [0, 0.1) is 12.1 Å². The number of rotatable bonds is 1. The summed E-state index contributed by atoms with van der Waals surface area (Å²) in [6, 6.07) is 17.9. The van der Waals surface area contributed by atoms with Crippen LogP contribution in [0.25, 0.3) is 6.08 Å². The van der Waals surface area contributed by atoms with Gasteiger partial charge < -0.3 is 24.8 Å². The number of hydrogen-bond acceptors (Lipinski definition) is 1. The summed E-state index contributed by atoms with van der Waals surface area (Å²) in [6.45, 7) is 0. The van der Waals surface area contributed by atoms with Gasteiger partial charge in [-0.05, 0) is 11.5 Å². The summed E-state index contributed by atoms with van der Waals surface area (Å²) in [5.74, 6) is 0.364. The van der Waals surface area contributed by atoms with E-state index in [0.717, 1.165) is 29.1 Å². The van der Waals surface area contributed by atoms with Crippen molar-refractivity contribution in [3.8, 4) is 0 Å². The first kappa shape index (κ1) is 24.8. The number of allylic oxidation sites excluding steroid dienone is 5. The Morgan fingerprint density at radius 1 is 1.08 bits per heavy atom. The van der Waals surface area contributed by atoms with Gasteiger partial charge in [-0.15, -0.1) is 47.9 Å². The molecule has 0 spiro atoms. The molecule has 0 heterocycles. The van der Waals surface area contributed by atoms with E-state index in [0.29, 0.717) is 5.92 Å². The Morgan fingerprint density at radius 3 is 2.36 bits per heavy atom. The first-order valence-corrected chi connectivity index (χ1v) is 11.4. The first-order valence-electron chi connectivity index (χ1n) is 7.21. The summed E-state index contributed by atoms with van der Waals surface area (Å²) in [7, 11) is 4.17. The molecule has 0 saturated heterocycles. The van der Waals surface area contributed by atoms with E-state index in [-0.39, 0.29) is 24.8 Å². The fourth-order valence-corrected chi connectivity index (χ4v) is 3.11. The van der Waals surface area contributed by atoms with Crippen LogP contribution in [0.15, 0.2) is 71.2 Å². The summed E-state index contributed by atoms with van der Waals surface area (Å²) >= 11 is 4.76. The SMILES string of the molecule is Brc1cc[c-]c2c1C(c1ccccc1)C=C2.[C-]1=CC=CC1.[Cl-].[Cl-].[S]=[Zr+2]. The third-order valence-electron chi connectivity index (χ3n) is 3.53. The third-order valence-corrected chi connectivity index (χ3v) is 4.22. The van der Waals surface area contributed by atoms with Gasteiger partial charge >= 0.3 is 31.5 Å². The van der Waals surface area contributed by atoms with Crippen LogP contribution in [0.3, 0.4) is 0 Å². The molecule has 2 aromatic rings. The molecule has 0 radical (unpaired) electrons. The van der Waals surface area contributed by atoms with E-state index < -0.39 is 0 Å². The van der Waals surface area contributed by atoms with E-state index >= 15 is 0 Å². The Balaban J connectivity index is 0.000000550. The van der Waals surface area contributed by atoms with Crippen LogP contribution in [0.2, 0.25) is 0 Å². The fourth-order valence-electron chi connectivity index (χ4n) is 2.52. The Bertz CT molecular complexity index is 720. The molecule has 0 nitrogen and oxygen atoms in total. The Labute approximate surface area is 189 Å². The van der Waals surface area contributed by atoms with E-state index in [1.54, 1.807) is 0 Å². The van der Waals surface area contributed by atoms with Crippen LogP contribution >= 0.6 is 24.8 Å². The van der Waals surface area contributed by atoms with Gasteiger partial charge in [-0.25, -0.2) is 12.2 Å². The van der Waals surface area contributed by atoms with Crippen molar-refractivity contribution in [3.05, 3.63) is 100 Å². The molecule has 1 atom stereocenters. The maximum absolute atomic E-state index is 4.17. The molecule has 4 rings (SSSR count). The van der Waals surface area contributed by atoms with Crippen molar-refractivity contribution in [1.29, 1.82) is 0 Å². The molecular formula is C20H15BrCl2SZr-2. The van der Waals surface area contributed by atoms with Gasteiger partial charge in [-0.2, -0.15) is 6.08 Å². The fraction of sp³-hybridized carbons (Fsp3) is 0.100. The third kappa shape index (κ3) is 7.15. The van der Waals surface area contributed by atoms with Gasteiger partial charge in [0, 0.05) is 0 Å². The quantitative estimate of drug-likeness (QED) is 0.482. The van der Waals surface area contributed by atoms with Gasteiger partial charge in [0.15, 0.2) is 0 Å². The molecule has 2 aromatic carbocycles. The minimum absolute atomic E-state index is 0. The first-order chi connectivity index (χ1) is 11.4. The van der Waals surface area contributed by atoms with E-state index in [2.05, 4.69) is 91.6 Å². The van der Waals surface area contributed by atoms with Crippen molar-refractivity contribution in [3.63, 3.8) is 0 Å². The molecule has 0 saturated carbocycles. The van der Waals surface area contributed by atoms with Crippen LogP contribution in [-0.2, 0) is 22.7 Å². The van der Waals surface area contributed by atoms with E-state index in [1.165, 1.54) is 21.2 Å². The second-order valence-corrected chi connectivity index (χ2v) is 5.76. The second-order valence-electron chi connectivity index (χ2n) is 4.90. The van der Waals surface area contributed by atoms with Gasteiger partial charge in [-0.3, -0.25) is 6.08 Å². The molecule has 128 valence electrons. The molecule has 2 aliphatic carbocycles. The van der Waals surface area contributed by atoms with Gasteiger partial charge in [0.25, 0.3) is 0 Å². The van der Waals surface area contributed by atoms with Crippen LogP contribution in [-0.4, -0.2) is 0 Å². The van der Waals surface area contributed by atoms with E-state index in [9.17, 15) is 0 Å². The molecule has 0 bridgehead atoms. The molecule has 0 aromatic heterocycles. The van der Waals surface area contributed by atoms with Crippen LogP contribution in [0.4, 0.5) is 0 Å². The zero-order chi connectivity index (χ0) is 16.5. The average Bonchev–Trinajstić information content (AvgIpc) is 3.31. The molecule has 0 fully saturated rings. The predicted molar refractivity (Wildman–Crippen MR) is 99.5 cm³/mol. The number of hydrogen-bond donors (Lipinski definition) is 0. The molecule has 2 aliphatic rings. The summed E-state index contributed by atoms with van der Waals surface area (Å²) in [5, 5.41) is 0. The van der Waals surface area contributed by atoms with E-state index in [4.69, 9.17) is 0 Å². The standard InChI is InChI=1S/C15H10Br.C5H5.2ClH.S.Zr/c16-14-8-4-7-12-9-10-13(15(12)14)11-5-2-1-3-6-11;1-2-4-5-3-1;;;;/h1-6,8-10,13H;1-3H,4H2;2*1H;;/q2*-1;;;;+2/p-2. The molecule has 5 heteroatoms. The molecule has 0 aliphatic heterocycles. The van der Waals surface area contributed by atoms with Crippen molar-refractivity contribution in [2.24, 2.45) is 0 Å². The normalized spacial score (nSPS) is 14.9. The van der Waals surface area contributed by atoms with Crippen LogP contribution < -0.4 is 24.8 Å². The topological polar surface area (TPSA) is 0 Å². The summed E-state index contributed by atoms with van der Waals surface area (Å²) < 4.78 is 1.17. The van der Waals surface area contributed by atoms with Crippen molar-refractivity contribution >= 4 is 30.9 Å². The average molecular weight is 529 g/mol. The van der Waals surface area contributed by atoms with E-state index in [1.807, 2.05) is 18.2 Å². The maximum atomic E-state index is 4.17. The number of fused-ring (bicyclic) bond motifs is 1. The molecule has 1 unspecified atom stereocenters. The minimum atomic E-state index is 0. The number of halogens is 3. The summed E-state index contributed by atoms with van der Waals surface area (Å²) in [5.41, 5.74) is 3.86. The van der Waals surface area contributed by atoms with Gasteiger partial charge in [-0.1, -0.05) is 50.7 Å². The van der Waals surface area contributed by atoms with Gasteiger partial charge in [0.05, 0.1) is 0 Å². The summed E-state index contributed by atoms with van der Waals surface area (Å²) in [4.78, 5) is 0. The molecule has 25 heavy (non-hydrogen) atoms. The summed E-state index contributed by atoms with van der Waals surface area (Å²) in [6.07, 6.45) is 14.4. The Hall–Kier alpha value is -0.177. The van der Waals surface area contributed by atoms with Crippen LogP contribution in [0.1, 0.15) is 29.0 Å². The monoisotopic (exact) mass is 526 g/mol. The second kappa shape index (κ2) is 14.0. The van der Waals surface area contributed by atoms with Gasteiger partial charge in [0.2, 0.25) is 0 Å². The molecule has 0 amide bonds. The van der Waals surface area contributed by atoms with Crippen molar-refractivity contribution in [2.75, 3.05) is 0 Å². The molecule has 0 N–H and O–H groups in total. The number of benzene rings is 2. The Kier molecular flexibility index (Phi) is 13.9. The van der Waals surface area contributed by atoms with Crippen molar-refractivity contribution in [2.45, 2.75) is 12.3 Å². The van der Waals surface area contributed by atoms with Gasteiger partial charge in [0.1, 0.15) is 0 Å². The zero-order valence-corrected chi connectivity index (χ0v) is 19.6. The van der Waals surface area contributed by atoms with Crippen molar-refractivity contribution in [1.82, 2.24) is 0 Å². The van der Waals surface area contributed by atoms with Crippen LogP contribution in [0.5, 0.6) is 0 Å².